The molecule has 0 bridgehead atoms. The van der Waals surface area contributed by atoms with Crippen LogP contribution in [-0.2, 0) is 9.59 Å². The zero-order valence-electron chi connectivity index (χ0n) is 13.2. The summed E-state index contributed by atoms with van der Waals surface area (Å²) in [6, 6.07) is 7.24. The molecule has 1 aliphatic rings. The van der Waals surface area contributed by atoms with E-state index in [4.69, 9.17) is 0 Å². The second-order valence-electron chi connectivity index (χ2n) is 5.92. The molecule has 0 aromatic heterocycles. The molecule has 0 aliphatic carbocycles. The molecule has 122 valence electrons. The minimum Gasteiger partial charge on any atom is -0.326 e. The molecule has 6 heteroatoms. The van der Waals surface area contributed by atoms with Gasteiger partial charge < -0.3 is 16.0 Å². The van der Waals surface area contributed by atoms with Crippen LogP contribution in [0.2, 0.25) is 0 Å². The van der Waals surface area contributed by atoms with Gasteiger partial charge in [-0.1, -0.05) is 26.8 Å². The van der Waals surface area contributed by atoms with E-state index < -0.39 is 0 Å². The summed E-state index contributed by atoms with van der Waals surface area (Å²) >= 11 is 0. The summed E-state index contributed by atoms with van der Waals surface area (Å²) in [4.78, 5) is 23.8. The first-order valence-electron chi connectivity index (χ1n) is 7.40. The van der Waals surface area contributed by atoms with Gasteiger partial charge in [0.25, 0.3) is 0 Å². The second-order valence-corrected chi connectivity index (χ2v) is 5.92. The van der Waals surface area contributed by atoms with Crippen LogP contribution in [0.5, 0.6) is 0 Å². The highest BCUT2D eigenvalue weighted by atomic mass is 35.5. The quantitative estimate of drug-likeness (QED) is 0.779. The van der Waals surface area contributed by atoms with Gasteiger partial charge in [0.15, 0.2) is 0 Å². The largest absolute Gasteiger partial charge is 0.326 e. The predicted octanol–water partition coefficient (Wildman–Crippen LogP) is 2.50. The van der Waals surface area contributed by atoms with Gasteiger partial charge in [-0.05, 0) is 37.2 Å². The van der Waals surface area contributed by atoms with Gasteiger partial charge in [0.1, 0.15) is 0 Å². The van der Waals surface area contributed by atoms with Crippen molar-refractivity contribution in [3.05, 3.63) is 24.3 Å². The van der Waals surface area contributed by atoms with E-state index in [1.807, 2.05) is 39.0 Å². The number of carbonyl (C=O) groups is 2. The summed E-state index contributed by atoms with van der Waals surface area (Å²) in [5.74, 6) is 0.310. The second kappa shape index (κ2) is 8.15. The molecule has 1 heterocycles. The van der Waals surface area contributed by atoms with E-state index in [9.17, 15) is 9.59 Å². The molecule has 0 radical (unpaired) electrons. The Balaban J connectivity index is 0.00000242. The Morgan fingerprint density at radius 1 is 1.09 bits per heavy atom. The first-order valence-corrected chi connectivity index (χ1v) is 7.40. The molecule has 0 spiro atoms. The fourth-order valence-corrected chi connectivity index (χ4v) is 2.10. The number of benzene rings is 1. The van der Waals surface area contributed by atoms with E-state index in [0.29, 0.717) is 17.3 Å². The first kappa shape index (κ1) is 18.5. The molecule has 1 aromatic carbocycles. The minimum atomic E-state index is -0.0746. The number of anilines is 2. The van der Waals surface area contributed by atoms with E-state index in [-0.39, 0.29) is 36.1 Å². The molecular formula is C16H24ClN3O2. The lowest BCUT2D eigenvalue weighted by Gasteiger charge is -2.31. The molecule has 1 aliphatic heterocycles. The molecule has 0 saturated carbocycles. The highest BCUT2D eigenvalue weighted by Crippen LogP contribution is 2.20. The standard InChI is InChI=1S/C16H23N3O2.ClH/c1-10(2)15(20)18-13-5-4-6-14(7-13)19-16(21)11(3)12-8-17-9-12;/h4-7,10-12,17H,8-9H2,1-3H3,(H,18,20)(H,19,21);1H. The van der Waals surface area contributed by atoms with E-state index in [1.165, 1.54) is 0 Å². The topological polar surface area (TPSA) is 70.2 Å². The summed E-state index contributed by atoms with van der Waals surface area (Å²) in [7, 11) is 0. The van der Waals surface area contributed by atoms with Crippen molar-refractivity contribution in [2.45, 2.75) is 20.8 Å². The number of amides is 2. The summed E-state index contributed by atoms with van der Waals surface area (Å²) in [5, 5.41) is 8.92. The number of carbonyl (C=O) groups excluding carboxylic acids is 2. The molecule has 1 atom stereocenters. The lowest BCUT2D eigenvalue weighted by atomic mass is 9.88. The van der Waals surface area contributed by atoms with Gasteiger partial charge in [-0.25, -0.2) is 0 Å². The van der Waals surface area contributed by atoms with E-state index in [1.54, 1.807) is 6.07 Å². The van der Waals surface area contributed by atoms with Crippen LogP contribution >= 0.6 is 12.4 Å². The van der Waals surface area contributed by atoms with E-state index in [2.05, 4.69) is 16.0 Å². The maximum absolute atomic E-state index is 12.2. The zero-order chi connectivity index (χ0) is 15.4. The number of hydrogen-bond acceptors (Lipinski definition) is 3. The van der Waals surface area contributed by atoms with Crippen LogP contribution in [0.4, 0.5) is 11.4 Å². The zero-order valence-corrected chi connectivity index (χ0v) is 14.0. The fraction of sp³-hybridized carbons (Fsp3) is 0.500. The normalized spacial score (nSPS) is 15.5. The highest BCUT2D eigenvalue weighted by Gasteiger charge is 2.28. The van der Waals surface area contributed by atoms with Crippen molar-refractivity contribution in [2.75, 3.05) is 23.7 Å². The third-order valence-electron chi connectivity index (χ3n) is 3.86. The molecule has 2 rings (SSSR count). The lowest BCUT2D eigenvalue weighted by molar-refractivity contribution is -0.121. The number of rotatable bonds is 5. The lowest BCUT2D eigenvalue weighted by Crippen LogP contribution is -2.48. The van der Waals surface area contributed by atoms with Crippen molar-refractivity contribution in [3.63, 3.8) is 0 Å². The Labute approximate surface area is 137 Å². The monoisotopic (exact) mass is 325 g/mol. The van der Waals surface area contributed by atoms with Gasteiger partial charge in [-0.15, -0.1) is 12.4 Å². The Kier molecular flexibility index (Phi) is 6.84. The highest BCUT2D eigenvalue weighted by molar-refractivity contribution is 5.95. The maximum Gasteiger partial charge on any atom is 0.227 e. The molecule has 1 fully saturated rings. The minimum absolute atomic E-state index is 0. The van der Waals surface area contributed by atoms with Crippen molar-refractivity contribution >= 4 is 35.6 Å². The number of hydrogen-bond donors (Lipinski definition) is 3. The molecule has 5 nitrogen and oxygen atoms in total. The van der Waals surface area contributed by atoms with Gasteiger partial charge in [0.2, 0.25) is 11.8 Å². The smallest absolute Gasteiger partial charge is 0.227 e. The maximum atomic E-state index is 12.2. The van der Waals surface area contributed by atoms with Gasteiger partial charge in [0, 0.05) is 23.2 Å². The Morgan fingerprint density at radius 2 is 1.64 bits per heavy atom. The van der Waals surface area contributed by atoms with E-state index >= 15 is 0 Å². The summed E-state index contributed by atoms with van der Waals surface area (Å²) in [6.07, 6.45) is 0. The summed E-state index contributed by atoms with van der Waals surface area (Å²) < 4.78 is 0. The molecule has 2 amide bonds. The Hall–Kier alpha value is -1.59. The average Bonchev–Trinajstić information content (AvgIpc) is 2.36. The van der Waals surface area contributed by atoms with Crippen molar-refractivity contribution in [3.8, 4) is 0 Å². The van der Waals surface area contributed by atoms with Crippen molar-refractivity contribution in [2.24, 2.45) is 17.8 Å². The van der Waals surface area contributed by atoms with Crippen molar-refractivity contribution < 1.29 is 9.59 Å². The Morgan fingerprint density at radius 3 is 2.09 bits per heavy atom. The van der Waals surface area contributed by atoms with Crippen LogP contribution in [0.1, 0.15) is 20.8 Å². The SMILES string of the molecule is CC(C)C(=O)Nc1cccc(NC(=O)C(C)C2CNC2)c1.Cl. The van der Waals surface area contributed by atoms with Crippen molar-refractivity contribution in [1.29, 1.82) is 0 Å². The fourth-order valence-electron chi connectivity index (χ4n) is 2.10. The van der Waals surface area contributed by atoms with Crippen LogP contribution in [0, 0.1) is 17.8 Å². The van der Waals surface area contributed by atoms with Gasteiger partial charge >= 0.3 is 0 Å². The van der Waals surface area contributed by atoms with Crippen LogP contribution in [0.15, 0.2) is 24.3 Å². The molecule has 3 N–H and O–H groups in total. The summed E-state index contributed by atoms with van der Waals surface area (Å²) in [6.45, 7) is 7.44. The molecule has 22 heavy (non-hydrogen) atoms. The third kappa shape index (κ3) is 4.71. The van der Waals surface area contributed by atoms with Crippen LogP contribution < -0.4 is 16.0 Å². The van der Waals surface area contributed by atoms with Gasteiger partial charge in [-0.2, -0.15) is 0 Å². The molecular weight excluding hydrogens is 302 g/mol. The Bertz CT molecular complexity index is 530. The molecule has 1 aromatic rings. The summed E-state index contributed by atoms with van der Waals surface area (Å²) in [5.41, 5.74) is 1.41. The molecule has 1 saturated heterocycles. The van der Waals surface area contributed by atoms with Gasteiger partial charge in [0.05, 0.1) is 0 Å². The van der Waals surface area contributed by atoms with Crippen LogP contribution in [-0.4, -0.2) is 24.9 Å². The number of halogens is 1. The predicted molar refractivity (Wildman–Crippen MR) is 91.3 cm³/mol. The average molecular weight is 326 g/mol. The first-order chi connectivity index (χ1) is 9.97. The van der Waals surface area contributed by atoms with E-state index in [0.717, 1.165) is 13.1 Å². The number of nitrogens with one attached hydrogen (secondary N) is 3. The van der Waals surface area contributed by atoms with Crippen LogP contribution in [0.25, 0.3) is 0 Å². The molecule has 1 unspecified atom stereocenters. The van der Waals surface area contributed by atoms with Crippen LogP contribution in [0.3, 0.4) is 0 Å². The van der Waals surface area contributed by atoms with Gasteiger partial charge in [-0.3, -0.25) is 9.59 Å². The third-order valence-corrected chi connectivity index (χ3v) is 3.86. The van der Waals surface area contributed by atoms with Crippen molar-refractivity contribution in [1.82, 2.24) is 5.32 Å².